The summed E-state index contributed by atoms with van der Waals surface area (Å²) in [5.41, 5.74) is 3.07. The highest BCUT2D eigenvalue weighted by Crippen LogP contribution is 2.48. The van der Waals surface area contributed by atoms with Crippen LogP contribution in [0.4, 0.5) is 10.5 Å². The van der Waals surface area contributed by atoms with Crippen molar-refractivity contribution in [2.24, 2.45) is 0 Å². The molecule has 3 amide bonds. The fraction of sp³-hybridized carbons (Fsp3) is 0.208. The lowest BCUT2D eigenvalue weighted by molar-refractivity contribution is -0.118. The summed E-state index contributed by atoms with van der Waals surface area (Å²) in [6.45, 7) is 0. The van der Waals surface area contributed by atoms with E-state index in [1.807, 2.05) is 36.4 Å². The molecule has 0 radical (unpaired) electrons. The maximum absolute atomic E-state index is 13.5. The number of pyridine rings is 1. The van der Waals surface area contributed by atoms with E-state index in [1.165, 1.54) is 28.9 Å². The molecule has 0 spiro atoms. The lowest BCUT2D eigenvalue weighted by Gasteiger charge is -2.33. The third-order valence-corrected chi connectivity index (χ3v) is 7.36. The first-order valence-electron chi connectivity index (χ1n) is 10.2. The van der Waals surface area contributed by atoms with E-state index < -0.39 is 6.03 Å². The van der Waals surface area contributed by atoms with Crippen molar-refractivity contribution in [3.63, 3.8) is 0 Å². The van der Waals surface area contributed by atoms with Gasteiger partial charge in [0.2, 0.25) is 0 Å². The minimum atomic E-state index is -0.395. The molecule has 1 saturated heterocycles. The molecule has 2 aliphatic heterocycles. The van der Waals surface area contributed by atoms with E-state index in [0.717, 1.165) is 15.7 Å². The van der Waals surface area contributed by atoms with Gasteiger partial charge in [0.15, 0.2) is 0 Å². The molecule has 2 unspecified atom stereocenters. The summed E-state index contributed by atoms with van der Waals surface area (Å²) in [7, 11) is 0. The van der Waals surface area contributed by atoms with Gasteiger partial charge in [0, 0.05) is 21.9 Å². The Morgan fingerprint density at radius 2 is 1.80 bits per heavy atom. The van der Waals surface area contributed by atoms with Crippen molar-refractivity contribution < 1.29 is 9.59 Å². The number of carbonyl (C=O) groups excluding carboxylic acids is 2. The molecule has 6 heteroatoms. The summed E-state index contributed by atoms with van der Waals surface area (Å²) in [6.07, 6.45) is 7.83. The molecule has 3 heterocycles. The summed E-state index contributed by atoms with van der Waals surface area (Å²) < 4.78 is 0. The Morgan fingerprint density at radius 3 is 2.67 bits per heavy atom. The van der Waals surface area contributed by atoms with Crippen LogP contribution in [0.25, 0.3) is 15.7 Å². The Morgan fingerprint density at radius 1 is 1.00 bits per heavy atom. The molecule has 2 aromatic carbocycles. The highest BCUT2D eigenvalue weighted by Gasteiger charge is 2.46. The number of benzene rings is 2. The van der Waals surface area contributed by atoms with Gasteiger partial charge in [-0.15, -0.1) is 11.8 Å². The number of nitrogens with one attached hydrogen (secondary N) is 1. The smallest absolute Gasteiger partial charge is 0.329 e. The van der Waals surface area contributed by atoms with Crippen LogP contribution in [0.3, 0.4) is 0 Å². The van der Waals surface area contributed by atoms with Crippen molar-refractivity contribution >= 4 is 45.1 Å². The molecule has 1 N–H and O–H groups in total. The number of thioether (sulfide) groups is 1. The van der Waals surface area contributed by atoms with E-state index in [9.17, 15) is 9.59 Å². The average Bonchev–Trinajstić information content (AvgIpc) is 3.53. The van der Waals surface area contributed by atoms with Gasteiger partial charge in [0.05, 0.1) is 17.9 Å². The summed E-state index contributed by atoms with van der Waals surface area (Å²) >= 11 is 1.56. The van der Waals surface area contributed by atoms with Crippen molar-refractivity contribution in [2.45, 2.75) is 30.1 Å². The number of rotatable bonds is 3. The van der Waals surface area contributed by atoms with Crippen molar-refractivity contribution in [1.82, 2.24) is 10.3 Å². The number of aromatic nitrogens is 1. The Balaban J connectivity index is 1.36. The minimum Gasteiger partial charge on any atom is -0.329 e. The van der Waals surface area contributed by atoms with Crippen molar-refractivity contribution in [3.8, 4) is 0 Å². The topological polar surface area (TPSA) is 62.3 Å². The van der Waals surface area contributed by atoms with Crippen LogP contribution in [0.2, 0.25) is 0 Å². The van der Waals surface area contributed by atoms with Crippen LogP contribution in [0.15, 0.2) is 67.0 Å². The first-order valence-corrected chi connectivity index (χ1v) is 11.0. The zero-order valence-corrected chi connectivity index (χ0v) is 16.9. The van der Waals surface area contributed by atoms with Gasteiger partial charge in [-0.2, -0.15) is 0 Å². The molecular weight excluding hydrogens is 394 g/mol. The van der Waals surface area contributed by atoms with E-state index in [4.69, 9.17) is 0 Å². The molecule has 5 nitrogen and oxygen atoms in total. The summed E-state index contributed by atoms with van der Waals surface area (Å²) in [5, 5.41) is 4.39. The minimum absolute atomic E-state index is 0.193. The maximum atomic E-state index is 13.5. The van der Waals surface area contributed by atoms with Gasteiger partial charge in [0.25, 0.3) is 5.91 Å². The summed E-state index contributed by atoms with van der Waals surface area (Å²) in [5.74, 6) is 0.427. The highest BCUT2D eigenvalue weighted by molar-refractivity contribution is 8.09. The first kappa shape index (κ1) is 17.7. The number of fused-ring (bicyclic) bond motifs is 2. The van der Waals surface area contributed by atoms with Crippen molar-refractivity contribution in [2.75, 3.05) is 4.90 Å². The second-order valence-electron chi connectivity index (χ2n) is 7.96. The average molecular weight is 414 g/mol. The normalized spacial score (nSPS) is 23.3. The zero-order chi connectivity index (χ0) is 20.2. The van der Waals surface area contributed by atoms with E-state index in [-0.39, 0.29) is 17.2 Å². The van der Waals surface area contributed by atoms with Crippen molar-refractivity contribution in [1.29, 1.82) is 0 Å². The predicted molar refractivity (Wildman–Crippen MR) is 119 cm³/mol. The molecular formula is C24H19N3O2S. The van der Waals surface area contributed by atoms with Gasteiger partial charge in [-0.3, -0.25) is 9.78 Å². The molecule has 3 aliphatic rings. The van der Waals surface area contributed by atoms with Crippen LogP contribution in [0, 0.1) is 0 Å². The van der Waals surface area contributed by atoms with Gasteiger partial charge in [-0.05, 0) is 36.0 Å². The molecule has 6 rings (SSSR count). The van der Waals surface area contributed by atoms with Crippen molar-refractivity contribution in [3.05, 3.63) is 78.1 Å². The second kappa shape index (κ2) is 6.71. The van der Waals surface area contributed by atoms with E-state index >= 15 is 0 Å². The van der Waals surface area contributed by atoms with Gasteiger partial charge in [-0.25, -0.2) is 9.69 Å². The predicted octanol–water partition coefficient (Wildman–Crippen LogP) is 4.69. The van der Waals surface area contributed by atoms with Crippen LogP contribution in [-0.2, 0) is 4.79 Å². The fourth-order valence-corrected chi connectivity index (χ4v) is 5.70. The monoisotopic (exact) mass is 413 g/mol. The first-order chi connectivity index (χ1) is 14.7. The van der Waals surface area contributed by atoms with Gasteiger partial charge >= 0.3 is 6.03 Å². The van der Waals surface area contributed by atoms with Crippen LogP contribution in [0.1, 0.15) is 29.9 Å². The van der Waals surface area contributed by atoms with E-state index in [2.05, 4.69) is 28.5 Å². The Bertz CT molecular complexity index is 1230. The van der Waals surface area contributed by atoms with Crippen LogP contribution < -0.4 is 10.2 Å². The number of nitrogens with zero attached hydrogens (tertiary/aromatic N) is 2. The largest absolute Gasteiger partial charge is 0.329 e. The number of urea groups is 1. The molecule has 148 valence electrons. The number of hydrogen-bond donors (Lipinski definition) is 1. The zero-order valence-electron chi connectivity index (χ0n) is 16.1. The third kappa shape index (κ3) is 2.75. The van der Waals surface area contributed by atoms with E-state index in [0.29, 0.717) is 11.6 Å². The molecule has 2 atom stereocenters. The quantitative estimate of drug-likeness (QED) is 0.676. The Labute approximate surface area is 178 Å². The lowest BCUT2D eigenvalue weighted by Crippen LogP contribution is -2.60. The molecule has 2 fully saturated rings. The maximum Gasteiger partial charge on any atom is 0.329 e. The summed E-state index contributed by atoms with van der Waals surface area (Å²) in [4.78, 5) is 33.0. The standard InChI is InChI=1S/C24H19N3O2S/c28-23-22-19(11-21(30-22)18-8-4-3-6-16(18)14-9-10-14)26-24(29)27(23)20-13-25-12-15-5-1-2-7-17(15)20/h1-8,11-14,19,22H,9-10H2,(H,26,29). The van der Waals surface area contributed by atoms with Gasteiger partial charge in [-0.1, -0.05) is 48.5 Å². The van der Waals surface area contributed by atoms with E-state index in [1.54, 1.807) is 24.2 Å². The van der Waals surface area contributed by atoms with Gasteiger partial charge in [0.1, 0.15) is 5.25 Å². The third-order valence-electron chi connectivity index (χ3n) is 6.00. The SMILES string of the molecule is O=C1NC2C=C(c3ccccc3C3CC3)SC2C(=O)N1c1cncc2ccccc12. The van der Waals surface area contributed by atoms with Crippen LogP contribution in [-0.4, -0.2) is 28.2 Å². The molecule has 1 saturated carbocycles. The Kier molecular flexibility index (Phi) is 3.96. The van der Waals surface area contributed by atoms with Gasteiger partial charge < -0.3 is 5.32 Å². The number of amides is 3. The molecule has 1 aromatic heterocycles. The second-order valence-corrected chi connectivity index (χ2v) is 9.14. The highest BCUT2D eigenvalue weighted by atomic mass is 32.2. The number of imide groups is 1. The number of anilines is 1. The number of hydrogen-bond acceptors (Lipinski definition) is 4. The summed E-state index contributed by atoms with van der Waals surface area (Å²) in [6, 6.07) is 15.4. The molecule has 0 bridgehead atoms. The molecule has 30 heavy (non-hydrogen) atoms. The Hall–Kier alpha value is -3.12. The lowest BCUT2D eigenvalue weighted by atomic mass is 10.0. The van der Waals surface area contributed by atoms with Crippen LogP contribution >= 0.6 is 11.8 Å². The fourth-order valence-electron chi connectivity index (χ4n) is 4.39. The van der Waals surface area contributed by atoms with Crippen LogP contribution in [0.5, 0.6) is 0 Å². The number of carbonyl (C=O) groups is 2. The molecule has 3 aromatic rings. The molecule has 1 aliphatic carbocycles.